The van der Waals surface area contributed by atoms with Gasteiger partial charge < -0.3 is 25.1 Å². The molecule has 3 rings (SSSR count). The number of carbonyl (C=O) groups is 2. The fourth-order valence-electron chi connectivity index (χ4n) is 2.90. The van der Waals surface area contributed by atoms with Gasteiger partial charge in [0.05, 0.1) is 6.26 Å². The molecule has 0 saturated carbocycles. The van der Waals surface area contributed by atoms with Gasteiger partial charge in [-0.25, -0.2) is 0 Å². The Labute approximate surface area is 145 Å². The first-order valence-electron chi connectivity index (χ1n) is 8.24. The maximum atomic E-state index is 12.3. The van der Waals surface area contributed by atoms with Crippen LogP contribution in [0.4, 0.5) is 5.69 Å². The van der Waals surface area contributed by atoms with Gasteiger partial charge in [0.1, 0.15) is 5.75 Å². The highest BCUT2D eigenvalue weighted by molar-refractivity contribution is 6.02. The first-order valence-corrected chi connectivity index (χ1v) is 8.24. The molecular formula is C18H21N3O4. The highest BCUT2D eigenvalue weighted by Crippen LogP contribution is 2.20. The summed E-state index contributed by atoms with van der Waals surface area (Å²) in [4.78, 5) is 26.0. The van der Waals surface area contributed by atoms with E-state index in [-0.39, 0.29) is 30.2 Å². The quantitative estimate of drug-likeness (QED) is 0.834. The predicted molar refractivity (Wildman–Crippen MR) is 92.4 cm³/mol. The zero-order valence-electron chi connectivity index (χ0n) is 13.8. The van der Waals surface area contributed by atoms with E-state index in [1.54, 1.807) is 41.3 Å². The molecule has 1 fully saturated rings. The molecule has 2 heterocycles. The van der Waals surface area contributed by atoms with Crippen molar-refractivity contribution in [2.45, 2.75) is 18.9 Å². The number of amides is 2. The van der Waals surface area contributed by atoms with Gasteiger partial charge in [-0.1, -0.05) is 6.07 Å². The molecule has 0 spiro atoms. The third-order valence-electron chi connectivity index (χ3n) is 4.17. The zero-order valence-corrected chi connectivity index (χ0v) is 13.8. The highest BCUT2D eigenvalue weighted by atomic mass is 16.5. The molecule has 132 valence electrons. The molecule has 1 aliphatic rings. The summed E-state index contributed by atoms with van der Waals surface area (Å²) in [5.74, 6) is 0.316. The molecular weight excluding hydrogens is 322 g/mol. The van der Waals surface area contributed by atoms with Crippen molar-refractivity contribution in [3.05, 3.63) is 48.4 Å². The molecule has 7 heteroatoms. The summed E-state index contributed by atoms with van der Waals surface area (Å²) < 4.78 is 10.6. The number of rotatable bonds is 6. The summed E-state index contributed by atoms with van der Waals surface area (Å²) in [7, 11) is 0. The first kappa shape index (κ1) is 17.0. The van der Waals surface area contributed by atoms with E-state index >= 15 is 0 Å². The number of hydrogen-bond donors (Lipinski definition) is 2. The lowest BCUT2D eigenvalue weighted by atomic mass is 10.2. The number of anilines is 1. The van der Waals surface area contributed by atoms with Gasteiger partial charge in [0, 0.05) is 30.9 Å². The third-order valence-corrected chi connectivity index (χ3v) is 4.17. The van der Waals surface area contributed by atoms with Gasteiger partial charge >= 0.3 is 0 Å². The monoisotopic (exact) mass is 343 g/mol. The minimum atomic E-state index is -0.346. The van der Waals surface area contributed by atoms with E-state index in [4.69, 9.17) is 14.9 Å². The lowest BCUT2D eigenvalue weighted by molar-refractivity contribution is -0.134. The number of nitrogens with two attached hydrogens (primary N) is 1. The molecule has 0 radical (unpaired) electrons. The Morgan fingerprint density at radius 2 is 2.20 bits per heavy atom. The second-order valence-corrected chi connectivity index (χ2v) is 5.87. The van der Waals surface area contributed by atoms with Gasteiger partial charge in [0.2, 0.25) is 0 Å². The Morgan fingerprint density at radius 1 is 1.32 bits per heavy atom. The van der Waals surface area contributed by atoms with Gasteiger partial charge in [-0.05, 0) is 37.1 Å². The Balaban J connectivity index is 1.56. The molecule has 0 bridgehead atoms. The maximum Gasteiger partial charge on any atom is 0.291 e. The minimum Gasteiger partial charge on any atom is -0.484 e. The smallest absolute Gasteiger partial charge is 0.291 e. The number of likely N-dealkylation sites (tertiary alicyclic amines) is 1. The highest BCUT2D eigenvalue weighted by Gasteiger charge is 2.27. The normalized spacial score (nSPS) is 16.7. The molecule has 1 atom stereocenters. The standard InChI is InChI=1S/C18H21N3O4/c19-11-14-5-2-8-21(14)17(22)12-25-15-6-1-4-13(10-15)20-18(23)16-7-3-9-24-16/h1,3-4,6-7,9-10,14H,2,5,8,11-12,19H2,(H,20,23). The minimum absolute atomic E-state index is 0.0495. The molecule has 2 amide bonds. The molecule has 1 aromatic heterocycles. The molecule has 1 aliphatic heterocycles. The lowest BCUT2D eigenvalue weighted by Gasteiger charge is -2.23. The molecule has 1 aromatic carbocycles. The van der Waals surface area contributed by atoms with Crippen LogP contribution in [0.3, 0.4) is 0 Å². The number of nitrogens with zero attached hydrogens (tertiary/aromatic N) is 1. The molecule has 7 nitrogen and oxygen atoms in total. The average molecular weight is 343 g/mol. The van der Waals surface area contributed by atoms with Crippen LogP contribution in [0.15, 0.2) is 47.1 Å². The van der Waals surface area contributed by atoms with E-state index in [0.717, 1.165) is 19.4 Å². The van der Waals surface area contributed by atoms with Crippen molar-refractivity contribution in [1.82, 2.24) is 4.90 Å². The van der Waals surface area contributed by atoms with Crippen LogP contribution in [0, 0.1) is 0 Å². The number of benzene rings is 1. The maximum absolute atomic E-state index is 12.3. The fraction of sp³-hybridized carbons (Fsp3) is 0.333. The summed E-state index contributed by atoms with van der Waals surface area (Å²) in [6.07, 6.45) is 3.35. The SMILES string of the molecule is NCC1CCCN1C(=O)COc1cccc(NC(=O)c2ccco2)c1. The number of hydrogen-bond acceptors (Lipinski definition) is 5. The van der Waals surface area contributed by atoms with Crippen molar-refractivity contribution in [1.29, 1.82) is 0 Å². The second-order valence-electron chi connectivity index (χ2n) is 5.87. The summed E-state index contributed by atoms with van der Waals surface area (Å²) in [6.45, 7) is 1.15. The van der Waals surface area contributed by atoms with Crippen LogP contribution in [-0.4, -0.2) is 42.5 Å². The Bertz CT molecular complexity index is 730. The summed E-state index contributed by atoms with van der Waals surface area (Å²) in [5, 5.41) is 2.72. The van der Waals surface area contributed by atoms with E-state index in [1.807, 2.05) is 0 Å². The van der Waals surface area contributed by atoms with Crippen LogP contribution in [0.25, 0.3) is 0 Å². The van der Waals surface area contributed by atoms with Crippen LogP contribution in [0.1, 0.15) is 23.4 Å². The van der Waals surface area contributed by atoms with Crippen molar-refractivity contribution in [3.63, 3.8) is 0 Å². The van der Waals surface area contributed by atoms with E-state index in [1.165, 1.54) is 6.26 Å². The van der Waals surface area contributed by atoms with Crippen LogP contribution in [0.5, 0.6) is 5.75 Å². The van der Waals surface area contributed by atoms with Crippen LogP contribution >= 0.6 is 0 Å². The van der Waals surface area contributed by atoms with Crippen molar-refractivity contribution >= 4 is 17.5 Å². The molecule has 1 saturated heterocycles. The van der Waals surface area contributed by atoms with Crippen LogP contribution in [0.2, 0.25) is 0 Å². The molecule has 3 N–H and O–H groups in total. The number of ether oxygens (including phenoxy) is 1. The molecule has 1 unspecified atom stereocenters. The topological polar surface area (TPSA) is 97.8 Å². The van der Waals surface area contributed by atoms with Crippen molar-refractivity contribution in [3.8, 4) is 5.75 Å². The molecule has 0 aliphatic carbocycles. The van der Waals surface area contributed by atoms with E-state index < -0.39 is 0 Å². The average Bonchev–Trinajstić information content (AvgIpc) is 3.31. The van der Waals surface area contributed by atoms with Crippen LogP contribution < -0.4 is 15.8 Å². The van der Waals surface area contributed by atoms with Crippen molar-refractivity contribution in [2.24, 2.45) is 5.73 Å². The van der Waals surface area contributed by atoms with E-state index in [9.17, 15) is 9.59 Å². The van der Waals surface area contributed by atoms with Gasteiger partial charge in [0.25, 0.3) is 11.8 Å². The van der Waals surface area contributed by atoms with E-state index in [2.05, 4.69) is 5.32 Å². The lowest BCUT2D eigenvalue weighted by Crippen LogP contribution is -2.42. The number of furan rings is 1. The summed E-state index contributed by atoms with van der Waals surface area (Å²) >= 11 is 0. The Kier molecular flexibility index (Phi) is 5.35. The summed E-state index contributed by atoms with van der Waals surface area (Å²) in [5.41, 5.74) is 6.26. The van der Waals surface area contributed by atoms with Gasteiger partial charge in [-0.2, -0.15) is 0 Å². The Morgan fingerprint density at radius 3 is 2.96 bits per heavy atom. The van der Waals surface area contributed by atoms with E-state index in [0.29, 0.717) is 18.0 Å². The Hall–Kier alpha value is -2.80. The van der Waals surface area contributed by atoms with Gasteiger partial charge in [-0.3, -0.25) is 9.59 Å². The van der Waals surface area contributed by atoms with Crippen molar-refractivity contribution in [2.75, 3.05) is 25.0 Å². The summed E-state index contributed by atoms with van der Waals surface area (Å²) in [6, 6.07) is 10.2. The van der Waals surface area contributed by atoms with Crippen LogP contribution in [-0.2, 0) is 4.79 Å². The third kappa shape index (κ3) is 4.19. The van der Waals surface area contributed by atoms with Gasteiger partial charge in [0.15, 0.2) is 12.4 Å². The number of carbonyl (C=O) groups excluding carboxylic acids is 2. The second kappa shape index (κ2) is 7.85. The number of nitrogens with one attached hydrogen (secondary N) is 1. The molecule has 25 heavy (non-hydrogen) atoms. The first-order chi connectivity index (χ1) is 12.2. The van der Waals surface area contributed by atoms with Crippen molar-refractivity contribution < 1.29 is 18.7 Å². The zero-order chi connectivity index (χ0) is 17.6. The fourth-order valence-corrected chi connectivity index (χ4v) is 2.90. The predicted octanol–water partition coefficient (Wildman–Crippen LogP) is 1.86. The largest absolute Gasteiger partial charge is 0.484 e. The van der Waals surface area contributed by atoms with Gasteiger partial charge in [-0.15, -0.1) is 0 Å². The molecule has 2 aromatic rings.